The monoisotopic (exact) mass is 383 g/mol. The van der Waals surface area contributed by atoms with Crippen molar-refractivity contribution >= 4 is 32.6 Å². The van der Waals surface area contributed by atoms with Crippen LogP contribution in [0.4, 0.5) is 0 Å². The maximum absolute atomic E-state index is 6.36. The van der Waals surface area contributed by atoms with Crippen LogP contribution in [0, 0.1) is 0 Å². The van der Waals surface area contributed by atoms with Crippen molar-refractivity contribution in [2.75, 3.05) is 20.6 Å². The molecule has 3 aromatic carbocycles. The van der Waals surface area contributed by atoms with Gasteiger partial charge in [-0.05, 0) is 32.3 Å². The van der Waals surface area contributed by atoms with Gasteiger partial charge >= 0.3 is 0 Å². The van der Waals surface area contributed by atoms with E-state index in [1.807, 2.05) is 24.3 Å². The van der Waals surface area contributed by atoms with Crippen LogP contribution in [-0.4, -0.2) is 35.1 Å². The summed E-state index contributed by atoms with van der Waals surface area (Å²) in [5.74, 6) is 3.03. The average molecular weight is 383 g/mol. The summed E-state index contributed by atoms with van der Waals surface area (Å²) in [4.78, 5) is 5.76. The highest BCUT2D eigenvalue weighted by Crippen LogP contribution is 2.53. The fourth-order valence-corrected chi connectivity index (χ4v) is 4.20. The van der Waals surface area contributed by atoms with E-state index in [0.717, 1.165) is 52.5 Å². The second-order valence-electron chi connectivity index (χ2n) is 7.86. The normalized spacial score (nSPS) is 12.9. The lowest BCUT2D eigenvalue weighted by Crippen LogP contribution is -2.17. The number of H-pyrrole nitrogens is 1. The van der Waals surface area contributed by atoms with E-state index in [1.165, 1.54) is 16.2 Å². The van der Waals surface area contributed by atoms with Crippen LogP contribution in [0.15, 0.2) is 60.9 Å². The van der Waals surface area contributed by atoms with Crippen LogP contribution in [0.3, 0.4) is 0 Å². The number of likely N-dealkylation sites (N-methyl/N-ethyl adjacent to an activating group) is 1. The van der Waals surface area contributed by atoms with Gasteiger partial charge in [-0.25, -0.2) is 0 Å². The minimum Gasteiger partial charge on any atom is -0.449 e. The standard InChI is InChI=1S/C24H21N3O2/c1-26(2)11-12-27-13-16-17(14-27)23-24(29-20-10-6-5-9-19(20)28-23)22-21(16)15-7-3-4-8-18(15)25-22/h3-10,13-14,25H,11-12H2,1-2H3. The first-order valence-corrected chi connectivity index (χ1v) is 9.84. The van der Waals surface area contributed by atoms with E-state index in [4.69, 9.17) is 9.47 Å². The van der Waals surface area contributed by atoms with E-state index in [-0.39, 0.29) is 0 Å². The Morgan fingerprint density at radius 2 is 1.52 bits per heavy atom. The van der Waals surface area contributed by atoms with Crippen LogP contribution in [0.1, 0.15) is 0 Å². The molecule has 0 aliphatic carbocycles. The van der Waals surface area contributed by atoms with Crippen molar-refractivity contribution in [3.63, 3.8) is 0 Å². The molecule has 144 valence electrons. The van der Waals surface area contributed by atoms with Gasteiger partial charge in [0.25, 0.3) is 0 Å². The minimum absolute atomic E-state index is 0.742. The van der Waals surface area contributed by atoms with E-state index in [9.17, 15) is 0 Å². The van der Waals surface area contributed by atoms with Crippen molar-refractivity contribution < 1.29 is 9.47 Å². The molecule has 5 aromatic rings. The lowest BCUT2D eigenvalue weighted by Gasteiger charge is -2.21. The van der Waals surface area contributed by atoms with Crippen molar-refractivity contribution in [1.29, 1.82) is 0 Å². The highest BCUT2D eigenvalue weighted by atomic mass is 16.6. The third-order valence-corrected chi connectivity index (χ3v) is 5.61. The van der Waals surface area contributed by atoms with Crippen LogP contribution < -0.4 is 9.47 Å². The number of rotatable bonds is 3. The van der Waals surface area contributed by atoms with Crippen LogP contribution in [0.25, 0.3) is 32.6 Å². The van der Waals surface area contributed by atoms with Gasteiger partial charge in [-0.2, -0.15) is 0 Å². The smallest absolute Gasteiger partial charge is 0.194 e. The van der Waals surface area contributed by atoms with E-state index < -0.39 is 0 Å². The Balaban J connectivity index is 1.68. The molecule has 0 bridgehead atoms. The van der Waals surface area contributed by atoms with Gasteiger partial charge < -0.3 is 23.9 Å². The maximum Gasteiger partial charge on any atom is 0.194 e. The second kappa shape index (κ2) is 6.03. The highest BCUT2D eigenvalue weighted by Gasteiger charge is 2.27. The molecule has 29 heavy (non-hydrogen) atoms. The molecule has 0 radical (unpaired) electrons. The topological polar surface area (TPSA) is 42.4 Å². The van der Waals surface area contributed by atoms with Crippen LogP contribution >= 0.6 is 0 Å². The number of para-hydroxylation sites is 3. The zero-order valence-corrected chi connectivity index (χ0v) is 16.4. The molecule has 0 unspecified atom stereocenters. The predicted molar refractivity (Wildman–Crippen MR) is 116 cm³/mol. The summed E-state index contributed by atoms with van der Waals surface area (Å²) in [7, 11) is 4.19. The number of hydrogen-bond donors (Lipinski definition) is 1. The number of nitrogens with zero attached hydrogens (tertiary/aromatic N) is 2. The Kier molecular flexibility index (Phi) is 3.43. The van der Waals surface area contributed by atoms with Crippen molar-refractivity contribution in [1.82, 2.24) is 14.5 Å². The highest BCUT2D eigenvalue weighted by molar-refractivity contribution is 6.24. The molecule has 0 amide bonds. The van der Waals surface area contributed by atoms with Gasteiger partial charge in [0.1, 0.15) is 0 Å². The summed E-state index contributed by atoms with van der Waals surface area (Å²) in [5, 5.41) is 4.63. The quantitative estimate of drug-likeness (QED) is 0.424. The lowest BCUT2D eigenvalue weighted by atomic mass is 10.1. The first-order chi connectivity index (χ1) is 14.2. The number of nitrogens with one attached hydrogen (secondary N) is 1. The molecule has 0 saturated carbocycles. The van der Waals surface area contributed by atoms with Crippen LogP contribution in [0.5, 0.6) is 23.0 Å². The Labute approximate surface area is 168 Å². The molecule has 0 fully saturated rings. The van der Waals surface area contributed by atoms with Gasteiger partial charge in [-0.3, -0.25) is 0 Å². The molecule has 1 aliphatic heterocycles. The molecule has 0 atom stereocenters. The Morgan fingerprint density at radius 3 is 2.31 bits per heavy atom. The Hall–Kier alpha value is -3.44. The van der Waals surface area contributed by atoms with Gasteiger partial charge in [0.15, 0.2) is 23.0 Å². The molecule has 5 heteroatoms. The zero-order chi connectivity index (χ0) is 19.5. The summed E-state index contributed by atoms with van der Waals surface area (Å²) in [5.41, 5.74) is 2.08. The summed E-state index contributed by atoms with van der Waals surface area (Å²) in [6.07, 6.45) is 4.40. The number of ether oxygens (including phenoxy) is 2. The van der Waals surface area contributed by atoms with Crippen molar-refractivity contribution in [2.24, 2.45) is 0 Å². The molecular weight excluding hydrogens is 362 g/mol. The first kappa shape index (κ1) is 16.5. The molecular formula is C24H21N3O2. The largest absolute Gasteiger partial charge is 0.449 e. The fourth-order valence-electron chi connectivity index (χ4n) is 4.20. The average Bonchev–Trinajstić information content (AvgIpc) is 3.33. The fraction of sp³-hybridized carbons (Fsp3) is 0.167. The molecule has 1 aliphatic rings. The minimum atomic E-state index is 0.742. The van der Waals surface area contributed by atoms with Crippen LogP contribution in [0.2, 0.25) is 0 Å². The van der Waals surface area contributed by atoms with Gasteiger partial charge in [-0.15, -0.1) is 0 Å². The molecule has 5 nitrogen and oxygen atoms in total. The summed E-state index contributed by atoms with van der Waals surface area (Å²) >= 11 is 0. The maximum atomic E-state index is 6.36. The lowest BCUT2D eigenvalue weighted by molar-refractivity contribution is 0.366. The van der Waals surface area contributed by atoms with Gasteiger partial charge in [0.2, 0.25) is 0 Å². The summed E-state index contributed by atoms with van der Waals surface area (Å²) in [6, 6.07) is 16.2. The Morgan fingerprint density at radius 1 is 0.828 bits per heavy atom. The SMILES string of the molecule is CN(C)CCn1cc2c3c(c4[nH]c5ccccc5c4c2c1)Oc1ccccc1O3. The van der Waals surface area contributed by atoms with E-state index in [0.29, 0.717) is 0 Å². The number of benzene rings is 3. The molecule has 0 saturated heterocycles. The van der Waals surface area contributed by atoms with E-state index in [1.54, 1.807) is 0 Å². The second-order valence-corrected chi connectivity index (χ2v) is 7.86. The number of fused-ring (bicyclic) bond motifs is 9. The zero-order valence-electron chi connectivity index (χ0n) is 16.4. The molecule has 2 aromatic heterocycles. The van der Waals surface area contributed by atoms with Crippen molar-refractivity contribution in [3.05, 3.63) is 60.9 Å². The summed E-state index contributed by atoms with van der Waals surface area (Å²) in [6.45, 7) is 1.89. The number of hydrogen-bond acceptors (Lipinski definition) is 3. The Bertz CT molecular complexity index is 1390. The van der Waals surface area contributed by atoms with Gasteiger partial charge in [0, 0.05) is 52.5 Å². The van der Waals surface area contributed by atoms with Crippen molar-refractivity contribution in [2.45, 2.75) is 6.54 Å². The molecule has 0 spiro atoms. The van der Waals surface area contributed by atoms with Gasteiger partial charge in [0.05, 0.1) is 5.52 Å². The third-order valence-electron chi connectivity index (χ3n) is 5.61. The molecule has 1 N–H and O–H groups in total. The first-order valence-electron chi connectivity index (χ1n) is 9.84. The number of aromatic nitrogens is 2. The van der Waals surface area contributed by atoms with Crippen molar-refractivity contribution in [3.8, 4) is 23.0 Å². The molecule has 6 rings (SSSR count). The summed E-state index contributed by atoms with van der Waals surface area (Å²) < 4.78 is 15.0. The third kappa shape index (κ3) is 2.44. The number of aromatic amines is 1. The van der Waals surface area contributed by atoms with Crippen LogP contribution in [-0.2, 0) is 6.54 Å². The van der Waals surface area contributed by atoms with Gasteiger partial charge in [-0.1, -0.05) is 30.3 Å². The van der Waals surface area contributed by atoms with E-state index in [2.05, 4.69) is 65.2 Å². The predicted octanol–water partition coefficient (Wildman–Crippen LogP) is 5.74. The molecule has 3 heterocycles. The van der Waals surface area contributed by atoms with E-state index >= 15 is 0 Å².